The van der Waals surface area contributed by atoms with Gasteiger partial charge >= 0.3 is 0 Å². The minimum absolute atomic E-state index is 0.457. The summed E-state index contributed by atoms with van der Waals surface area (Å²) in [7, 11) is 1.56. The van der Waals surface area contributed by atoms with Crippen LogP contribution in [-0.4, -0.2) is 13.0 Å². The number of anilines is 1. The zero-order valence-corrected chi connectivity index (χ0v) is 11.3. The van der Waals surface area contributed by atoms with Crippen LogP contribution in [0, 0.1) is 11.6 Å². The molecular weight excluding hydrogens is 276 g/mol. The molecule has 3 nitrogen and oxygen atoms in total. The van der Waals surface area contributed by atoms with Crippen molar-refractivity contribution in [1.82, 2.24) is 0 Å². The van der Waals surface area contributed by atoms with Crippen molar-refractivity contribution in [2.45, 2.75) is 0 Å². The molecule has 0 saturated heterocycles. The molecule has 5 heteroatoms. The second kappa shape index (κ2) is 6.65. The fourth-order valence-electron chi connectivity index (χ4n) is 1.67. The summed E-state index contributed by atoms with van der Waals surface area (Å²) in [4.78, 5) is 11.7. The van der Waals surface area contributed by atoms with Crippen LogP contribution in [0.25, 0.3) is 6.08 Å². The van der Waals surface area contributed by atoms with Crippen LogP contribution < -0.4 is 10.1 Å². The molecule has 0 bridgehead atoms. The molecule has 2 aromatic rings. The Kier molecular flexibility index (Phi) is 4.66. The number of para-hydroxylation sites is 1. The van der Waals surface area contributed by atoms with E-state index in [1.165, 1.54) is 18.2 Å². The van der Waals surface area contributed by atoms with Crippen LogP contribution in [0.3, 0.4) is 0 Å². The Hall–Kier alpha value is -2.69. The molecule has 0 saturated carbocycles. The third-order valence-electron chi connectivity index (χ3n) is 2.75. The number of halogens is 2. The lowest BCUT2D eigenvalue weighted by Crippen LogP contribution is -2.10. The monoisotopic (exact) mass is 289 g/mol. The molecule has 0 aliphatic heterocycles. The van der Waals surface area contributed by atoms with E-state index in [9.17, 15) is 13.6 Å². The van der Waals surface area contributed by atoms with Gasteiger partial charge in [0, 0.05) is 6.08 Å². The number of rotatable bonds is 4. The Labute approximate surface area is 120 Å². The Morgan fingerprint density at radius 2 is 1.71 bits per heavy atom. The summed E-state index contributed by atoms with van der Waals surface area (Å²) in [5.74, 6) is -1.55. The molecule has 21 heavy (non-hydrogen) atoms. The zero-order valence-electron chi connectivity index (χ0n) is 11.3. The normalized spacial score (nSPS) is 10.6. The summed E-state index contributed by atoms with van der Waals surface area (Å²) in [5.41, 5.74) is 0.307. The van der Waals surface area contributed by atoms with Gasteiger partial charge in [0.25, 0.3) is 0 Å². The number of amides is 1. The van der Waals surface area contributed by atoms with Gasteiger partial charge < -0.3 is 10.1 Å². The maximum Gasteiger partial charge on any atom is 0.248 e. The summed E-state index contributed by atoms with van der Waals surface area (Å²) in [5, 5.41) is 2.17. The van der Waals surface area contributed by atoms with Crippen LogP contribution in [0.15, 0.2) is 48.5 Å². The van der Waals surface area contributed by atoms with E-state index in [4.69, 9.17) is 4.74 Å². The zero-order chi connectivity index (χ0) is 15.2. The van der Waals surface area contributed by atoms with Gasteiger partial charge in [0.05, 0.1) is 7.11 Å². The van der Waals surface area contributed by atoms with Crippen molar-refractivity contribution < 1.29 is 18.3 Å². The van der Waals surface area contributed by atoms with E-state index in [-0.39, 0.29) is 0 Å². The number of carbonyl (C=O) groups is 1. The van der Waals surface area contributed by atoms with Crippen molar-refractivity contribution >= 4 is 17.7 Å². The highest BCUT2D eigenvalue weighted by atomic mass is 19.1. The number of carbonyl (C=O) groups excluding carboxylic acids is 1. The van der Waals surface area contributed by atoms with E-state index in [0.717, 1.165) is 17.7 Å². The van der Waals surface area contributed by atoms with Crippen molar-refractivity contribution in [3.8, 4) is 5.75 Å². The quantitative estimate of drug-likeness (QED) is 0.873. The molecular formula is C16H13F2NO2. The summed E-state index contributed by atoms with van der Waals surface area (Å²) < 4.78 is 31.7. The average Bonchev–Trinajstić information content (AvgIpc) is 2.49. The molecule has 1 amide bonds. The second-order valence-corrected chi connectivity index (χ2v) is 4.19. The molecule has 2 rings (SSSR count). The van der Waals surface area contributed by atoms with Crippen molar-refractivity contribution in [3.63, 3.8) is 0 Å². The number of nitrogens with one attached hydrogen (secondary N) is 1. The van der Waals surface area contributed by atoms with Crippen molar-refractivity contribution in [1.29, 1.82) is 0 Å². The lowest BCUT2D eigenvalue weighted by atomic mass is 10.2. The molecule has 0 fully saturated rings. The lowest BCUT2D eigenvalue weighted by molar-refractivity contribution is -0.111. The predicted octanol–water partition coefficient (Wildman–Crippen LogP) is 3.63. The fraction of sp³-hybridized carbons (Fsp3) is 0.0625. The van der Waals surface area contributed by atoms with E-state index in [1.54, 1.807) is 31.4 Å². The van der Waals surface area contributed by atoms with E-state index in [1.807, 2.05) is 0 Å². The number of ether oxygens (including phenoxy) is 1. The number of hydrogen-bond donors (Lipinski definition) is 1. The molecule has 0 aliphatic carbocycles. The number of methoxy groups -OCH3 is 1. The Bertz CT molecular complexity index is 646. The van der Waals surface area contributed by atoms with Gasteiger partial charge in [-0.15, -0.1) is 0 Å². The van der Waals surface area contributed by atoms with Crippen LogP contribution in [0.5, 0.6) is 5.75 Å². The van der Waals surface area contributed by atoms with Gasteiger partial charge in [-0.3, -0.25) is 4.79 Å². The van der Waals surface area contributed by atoms with Gasteiger partial charge in [0.1, 0.15) is 23.1 Å². The molecule has 1 N–H and O–H groups in total. The Morgan fingerprint density at radius 3 is 2.29 bits per heavy atom. The summed E-state index contributed by atoms with van der Waals surface area (Å²) in [6, 6.07) is 10.4. The van der Waals surface area contributed by atoms with Gasteiger partial charge in [0.15, 0.2) is 0 Å². The molecule has 0 aromatic heterocycles. The first-order chi connectivity index (χ1) is 10.1. The largest absolute Gasteiger partial charge is 0.497 e. The highest BCUT2D eigenvalue weighted by molar-refractivity contribution is 6.02. The highest BCUT2D eigenvalue weighted by Gasteiger charge is 2.09. The van der Waals surface area contributed by atoms with Gasteiger partial charge in [-0.05, 0) is 35.9 Å². The molecule has 0 heterocycles. The molecule has 0 spiro atoms. The molecule has 0 atom stereocenters. The minimum atomic E-state index is -0.818. The SMILES string of the molecule is COc1ccc(/C=C/C(=O)Nc2c(F)cccc2F)cc1. The first-order valence-electron chi connectivity index (χ1n) is 6.17. The maximum absolute atomic E-state index is 13.4. The van der Waals surface area contributed by atoms with Crippen LogP contribution in [0.1, 0.15) is 5.56 Å². The van der Waals surface area contributed by atoms with E-state index in [2.05, 4.69) is 5.32 Å². The first-order valence-corrected chi connectivity index (χ1v) is 6.17. The fourth-order valence-corrected chi connectivity index (χ4v) is 1.67. The van der Waals surface area contributed by atoms with Gasteiger partial charge in [0.2, 0.25) is 5.91 Å². The predicted molar refractivity (Wildman–Crippen MR) is 77.0 cm³/mol. The standard InChI is InChI=1S/C16H13F2NO2/c1-21-12-8-5-11(6-9-12)7-10-15(20)19-16-13(17)3-2-4-14(16)18/h2-10H,1H3,(H,19,20)/b10-7+. The Balaban J connectivity index is 2.05. The molecule has 0 aliphatic rings. The van der Waals surface area contributed by atoms with Crippen molar-refractivity contribution in [3.05, 3.63) is 65.7 Å². The van der Waals surface area contributed by atoms with Gasteiger partial charge in [-0.1, -0.05) is 18.2 Å². The average molecular weight is 289 g/mol. The lowest BCUT2D eigenvalue weighted by Gasteiger charge is -2.04. The number of hydrogen-bond acceptors (Lipinski definition) is 2. The highest BCUT2D eigenvalue weighted by Crippen LogP contribution is 2.18. The molecule has 108 valence electrons. The number of benzene rings is 2. The van der Waals surface area contributed by atoms with Gasteiger partial charge in [-0.2, -0.15) is 0 Å². The summed E-state index contributed by atoms with van der Waals surface area (Å²) >= 11 is 0. The van der Waals surface area contributed by atoms with E-state index in [0.29, 0.717) is 5.75 Å². The third-order valence-corrected chi connectivity index (χ3v) is 2.75. The smallest absolute Gasteiger partial charge is 0.248 e. The summed E-state index contributed by atoms with van der Waals surface area (Å²) in [6.45, 7) is 0. The first kappa shape index (κ1) is 14.7. The summed E-state index contributed by atoms with van der Waals surface area (Å²) in [6.07, 6.45) is 2.74. The van der Waals surface area contributed by atoms with Crippen molar-refractivity contribution in [2.24, 2.45) is 0 Å². The van der Waals surface area contributed by atoms with E-state index < -0.39 is 23.2 Å². The molecule has 0 unspecified atom stereocenters. The Morgan fingerprint density at radius 1 is 1.10 bits per heavy atom. The van der Waals surface area contributed by atoms with Crippen LogP contribution >= 0.6 is 0 Å². The minimum Gasteiger partial charge on any atom is -0.497 e. The van der Waals surface area contributed by atoms with Gasteiger partial charge in [-0.25, -0.2) is 8.78 Å². The van der Waals surface area contributed by atoms with Crippen LogP contribution in [-0.2, 0) is 4.79 Å². The van der Waals surface area contributed by atoms with Crippen molar-refractivity contribution in [2.75, 3.05) is 12.4 Å². The second-order valence-electron chi connectivity index (χ2n) is 4.19. The third kappa shape index (κ3) is 3.89. The molecule has 0 radical (unpaired) electrons. The van der Waals surface area contributed by atoms with Crippen LogP contribution in [0.2, 0.25) is 0 Å². The maximum atomic E-state index is 13.4. The van der Waals surface area contributed by atoms with Crippen LogP contribution in [0.4, 0.5) is 14.5 Å². The molecule has 2 aromatic carbocycles. The topological polar surface area (TPSA) is 38.3 Å². The van der Waals surface area contributed by atoms with E-state index >= 15 is 0 Å².